The molecule has 4 aliphatic heterocycles. The van der Waals surface area contributed by atoms with Crippen molar-refractivity contribution in [3.63, 3.8) is 0 Å². The zero-order valence-electron chi connectivity index (χ0n) is 29.8. The zero-order valence-corrected chi connectivity index (χ0v) is 29.8. The number of rotatable bonds is 8. The van der Waals surface area contributed by atoms with E-state index in [9.17, 15) is 24.9 Å². The monoisotopic (exact) mass is 683 g/mol. The van der Waals surface area contributed by atoms with Crippen LogP contribution in [0.15, 0.2) is 29.3 Å². The largest absolute Gasteiger partial charge is 0.481 e. The van der Waals surface area contributed by atoms with Gasteiger partial charge in [-0.3, -0.25) is 10.1 Å². The molecule has 0 amide bonds. The lowest BCUT2D eigenvalue weighted by Crippen LogP contribution is -3.16. The van der Waals surface area contributed by atoms with Gasteiger partial charge in [0.1, 0.15) is 18.9 Å². The van der Waals surface area contributed by atoms with Crippen LogP contribution in [0.4, 0.5) is 0 Å². The van der Waals surface area contributed by atoms with Crippen LogP contribution in [0.25, 0.3) is 0 Å². The summed E-state index contributed by atoms with van der Waals surface area (Å²) < 4.78 is 0. The number of carbonyl (C=O) groups excluding carboxylic acids is 1. The number of fused-ring (bicyclic) bond motifs is 4. The number of quaternary nitrogens is 1. The average Bonchev–Trinajstić information content (AvgIpc) is 3.57. The van der Waals surface area contributed by atoms with Gasteiger partial charge in [-0.1, -0.05) is 49.9 Å². The molecule has 11 nitrogen and oxygen atoms in total. The molecule has 0 spiro atoms. The van der Waals surface area contributed by atoms with E-state index in [0.29, 0.717) is 25.2 Å². The molecule has 4 heterocycles. The highest BCUT2D eigenvalue weighted by molar-refractivity contribution is 5.68. The number of aliphatic carboxylic acids is 1. The summed E-state index contributed by atoms with van der Waals surface area (Å²) >= 11 is 0. The maximum atomic E-state index is 12.2. The Balaban J connectivity index is 1.38. The van der Waals surface area contributed by atoms with Crippen molar-refractivity contribution in [3.05, 3.63) is 35.4 Å². The third kappa shape index (κ3) is 10.9. The maximum absolute atomic E-state index is 12.2. The summed E-state index contributed by atoms with van der Waals surface area (Å²) in [5.41, 5.74) is 7.40. The van der Waals surface area contributed by atoms with E-state index in [1.54, 1.807) is 0 Å². The molecule has 1 aromatic carbocycles. The van der Waals surface area contributed by atoms with Crippen LogP contribution < -0.4 is 26.6 Å². The Morgan fingerprint density at radius 1 is 1.16 bits per heavy atom. The van der Waals surface area contributed by atoms with Crippen LogP contribution in [0.3, 0.4) is 0 Å². The Bertz CT molecular complexity index is 1260. The van der Waals surface area contributed by atoms with Crippen LogP contribution in [0.2, 0.25) is 0 Å². The molecule has 49 heavy (non-hydrogen) atoms. The standard InChI is InChI=1S/C38H62N6O5/c1-26-34(46)20-33(44-14-13-40-25-44)32(42-26)19-30(11-15-45)29-10-5-3-4-6-12-38(49,23-36(47)48)24-41-37(2)21-31(43-35(39)22-37)18-28-9-7-8-27(16-28)17-29/h7-9,13,15-16,26,29-35,41-43,46,49H,3-6,10-12,14,17-25,39H2,1-2H3,(H,47,48)/p+1/t26-,29-,30-,31-,32+,33-,34+,35-,37-,38+/m0/s1. The summed E-state index contributed by atoms with van der Waals surface area (Å²) in [6.07, 6.45) is 12.6. The minimum Gasteiger partial charge on any atom is -0.481 e. The lowest BCUT2D eigenvalue weighted by Gasteiger charge is -2.44. The molecule has 4 bridgehead atoms. The summed E-state index contributed by atoms with van der Waals surface area (Å²) in [4.78, 5) is 29.9. The molecule has 0 aromatic heterocycles. The number of nitrogens with two attached hydrogens (primary N) is 1. The highest BCUT2D eigenvalue weighted by Crippen LogP contribution is 2.33. The highest BCUT2D eigenvalue weighted by atomic mass is 16.4. The number of hydrogen-bond donors (Lipinski definition) is 8. The van der Waals surface area contributed by atoms with E-state index in [1.165, 1.54) is 16.0 Å². The number of carboxylic acid groups (broad SMARTS) is 1. The Kier molecular flexibility index (Phi) is 13.4. The number of aliphatic hydroxyl groups is 2. The van der Waals surface area contributed by atoms with Gasteiger partial charge >= 0.3 is 5.97 Å². The van der Waals surface area contributed by atoms with E-state index in [0.717, 1.165) is 83.7 Å². The Morgan fingerprint density at radius 2 is 1.94 bits per heavy atom. The summed E-state index contributed by atoms with van der Waals surface area (Å²) in [5.74, 6) is -0.480. The SMILES string of the molecule is C[C@@H]1N[C@H](C[C@H](CC=O)[C@H]2CCCCCC[C@@](O)(CC(=O)O)CN[C@@]3(C)C[C@H](Cc4cccc(c4)C2)N[C@H](N)C3)[C@@H]([NH+]2CC=NC2)C[C@H]1O. The number of aliphatic imine (C=N–C) groups is 1. The van der Waals surface area contributed by atoms with Crippen molar-refractivity contribution in [2.24, 2.45) is 22.6 Å². The zero-order chi connectivity index (χ0) is 35.0. The predicted octanol–water partition coefficient (Wildman–Crippen LogP) is 1.33. The number of carbonyl (C=O) groups is 2. The molecule has 2 saturated heterocycles. The first-order chi connectivity index (χ1) is 23.4. The summed E-state index contributed by atoms with van der Waals surface area (Å²) in [6, 6.07) is 9.46. The first-order valence-corrected chi connectivity index (χ1v) is 18.9. The quantitative estimate of drug-likeness (QED) is 0.188. The Labute approximate surface area is 292 Å². The predicted molar refractivity (Wildman–Crippen MR) is 192 cm³/mol. The molecule has 0 aliphatic carbocycles. The molecule has 1 unspecified atom stereocenters. The van der Waals surface area contributed by atoms with E-state index >= 15 is 0 Å². The summed E-state index contributed by atoms with van der Waals surface area (Å²) in [5, 5.41) is 42.9. The lowest BCUT2D eigenvalue weighted by atomic mass is 9.75. The number of aliphatic hydroxyl groups excluding tert-OH is 1. The maximum Gasteiger partial charge on any atom is 0.306 e. The first-order valence-electron chi connectivity index (χ1n) is 18.9. The van der Waals surface area contributed by atoms with Crippen molar-refractivity contribution in [1.82, 2.24) is 16.0 Å². The third-order valence-corrected chi connectivity index (χ3v) is 12.0. The van der Waals surface area contributed by atoms with E-state index in [1.807, 2.05) is 6.21 Å². The lowest BCUT2D eigenvalue weighted by molar-refractivity contribution is -0.914. The number of carboxylic acids is 1. The molecule has 274 valence electrons. The van der Waals surface area contributed by atoms with Crippen LogP contribution in [0.1, 0.15) is 102 Å². The van der Waals surface area contributed by atoms with Gasteiger partial charge in [-0.15, -0.1) is 0 Å². The fraction of sp³-hybridized carbons (Fsp3) is 0.763. The molecule has 2 fully saturated rings. The van der Waals surface area contributed by atoms with E-state index in [2.05, 4.69) is 59.1 Å². The molecule has 11 heteroatoms. The van der Waals surface area contributed by atoms with E-state index in [4.69, 9.17) is 5.73 Å². The molecular formula is C38H63N6O5+. The van der Waals surface area contributed by atoms with Crippen molar-refractivity contribution >= 4 is 18.5 Å². The second-order valence-electron chi connectivity index (χ2n) is 16.3. The van der Waals surface area contributed by atoms with Gasteiger partial charge in [0.05, 0.1) is 36.5 Å². The highest BCUT2D eigenvalue weighted by Gasteiger charge is 2.42. The van der Waals surface area contributed by atoms with Gasteiger partial charge in [0.2, 0.25) is 0 Å². The van der Waals surface area contributed by atoms with Gasteiger partial charge in [-0.05, 0) is 81.8 Å². The topological polar surface area (TPSA) is 174 Å². The molecule has 11 atom stereocenters. The fourth-order valence-corrected chi connectivity index (χ4v) is 9.40. The molecule has 0 radical (unpaired) electrons. The fourth-order valence-electron chi connectivity index (χ4n) is 9.40. The minimum atomic E-state index is -1.33. The van der Waals surface area contributed by atoms with Crippen LogP contribution >= 0.6 is 0 Å². The summed E-state index contributed by atoms with van der Waals surface area (Å²) in [6.45, 7) is 6.02. The molecular weight excluding hydrogens is 620 g/mol. The van der Waals surface area contributed by atoms with E-state index < -0.39 is 17.7 Å². The van der Waals surface area contributed by atoms with Gasteiger partial charge in [0, 0.05) is 37.0 Å². The first kappa shape index (κ1) is 38.0. The number of nitrogens with one attached hydrogen (secondary N) is 4. The second kappa shape index (κ2) is 17.3. The van der Waals surface area contributed by atoms with Gasteiger partial charge < -0.3 is 41.4 Å². The number of benzene rings is 1. The van der Waals surface area contributed by atoms with Crippen molar-refractivity contribution < 1.29 is 29.8 Å². The smallest absolute Gasteiger partial charge is 0.306 e. The Morgan fingerprint density at radius 3 is 2.67 bits per heavy atom. The average molecular weight is 684 g/mol. The second-order valence-corrected chi connectivity index (χ2v) is 16.3. The molecule has 1 aromatic rings. The van der Waals surface area contributed by atoms with Crippen molar-refractivity contribution in [3.8, 4) is 0 Å². The van der Waals surface area contributed by atoms with Gasteiger partial charge in [-0.2, -0.15) is 0 Å². The van der Waals surface area contributed by atoms with Gasteiger partial charge in [-0.25, -0.2) is 4.99 Å². The van der Waals surface area contributed by atoms with Crippen LogP contribution in [-0.2, 0) is 22.4 Å². The number of piperidine rings is 2. The normalized spacial score (nSPS) is 38.6. The summed E-state index contributed by atoms with van der Waals surface area (Å²) in [7, 11) is 0. The van der Waals surface area contributed by atoms with Crippen LogP contribution in [0, 0.1) is 11.8 Å². The van der Waals surface area contributed by atoms with Crippen molar-refractivity contribution in [2.75, 3.05) is 19.8 Å². The molecule has 4 aliphatic rings. The number of β-amino-alcohol motifs (C(OH)–C–C–N with tert-alkyl or cyclic N) is 1. The molecule has 0 saturated carbocycles. The van der Waals surface area contributed by atoms with Gasteiger partial charge in [0.25, 0.3) is 0 Å². The minimum absolute atomic E-state index is 0.00127. The number of nitrogens with zero attached hydrogens (tertiary/aromatic N) is 1. The van der Waals surface area contributed by atoms with Crippen LogP contribution in [0.5, 0.6) is 0 Å². The van der Waals surface area contributed by atoms with Crippen LogP contribution in [-0.4, -0.2) is 101 Å². The molecule has 5 rings (SSSR count). The molecule has 9 N–H and O–H groups in total. The van der Waals surface area contributed by atoms with Crippen molar-refractivity contribution in [2.45, 2.75) is 151 Å². The van der Waals surface area contributed by atoms with Gasteiger partial charge in [0.15, 0.2) is 6.67 Å². The number of hydrogen-bond acceptors (Lipinski definition) is 9. The number of aldehydes is 1. The van der Waals surface area contributed by atoms with E-state index in [-0.39, 0.29) is 54.8 Å². The van der Waals surface area contributed by atoms with Crippen molar-refractivity contribution in [1.29, 1.82) is 0 Å². The Hall–Kier alpha value is -2.25. The third-order valence-electron chi connectivity index (χ3n) is 12.0.